The second-order valence-corrected chi connectivity index (χ2v) is 3.05. The summed E-state index contributed by atoms with van der Waals surface area (Å²) in [6, 6.07) is 0. The summed E-state index contributed by atoms with van der Waals surface area (Å²) in [7, 11) is 1.76. The number of allylic oxidation sites excluding steroid dienone is 8. The zero-order chi connectivity index (χ0) is 11.7. The maximum atomic E-state index is 4.03. The molecule has 80 valence electrons. The molecule has 0 aromatic carbocycles. The maximum absolute atomic E-state index is 4.03. The molecule has 0 unspecified atom stereocenters. The third-order valence-electron chi connectivity index (χ3n) is 1.94. The van der Waals surface area contributed by atoms with Gasteiger partial charge in [-0.25, -0.2) is 0 Å². The predicted octanol–water partition coefficient (Wildman–Crippen LogP) is 3.88. The molecule has 0 N–H and O–H groups in total. The van der Waals surface area contributed by atoms with E-state index in [2.05, 4.69) is 18.2 Å². The molecule has 15 heavy (non-hydrogen) atoms. The van der Waals surface area contributed by atoms with Crippen LogP contribution in [-0.4, -0.2) is 13.3 Å². The van der Waals surface area contributed by atoms with Crippen molar-refractivity contribution >= 4 is 6.21 Å². The van der Waals surface area contributed by atoms with E-state index in [1.54, 1.807) is 13.1 Å². The van der Waals surface area contributed by atoms with Crippen LogP contribution in [0.1, 0.15) is 13.8 Å². The van der Waals surface area contributed by atoms with Crippen molar-refractivity contribution in [2.24, 2.45) is 4.99 Å². The van der Waals surface area contributed by atoms with E-state index in [4.69, 9.17) is 0 Å². The second kappa shape index (κ2) is 7.74. The van der Waals surface area contributed by atoms with Gasteiger partial charge >= 0.3 is 0 Å². The van der Waals surface area contributed by atoms with E-state index >= 15 is 0 Å². The van der Waals surface area contributed by atoms with Crippen LogP contribution in [0.25, 0.3) is 0 Å². The van der Waals surface area contributed by atoms with Crippen molar-refractivity contribution in [1.82, 2.24) is 0 Å². The van der Waals surface area contributed by atoms with Crippen LogP contribution in [0.15, 0.2) is 65.2 Å². The monoisotopic (exact) mass is 201 g/mol. The van der Waals surface area contributed by atoms with Crippen LogP contribution in [0.2, 0.25) is 0 Å². The van der Waals surface area contributed by atoms with Crippen LogP contribution < -0.4 is 0 Å². The summed E-state index contributed by atoms with van der Waals surface area (Å²) in [4.78, 5) is 4.03. The van der Waals surface area contributed by atoms with E-state index in [-0.39, 0.29) is 0 Å². The van der Waals surface area contributed by atoms with Gasteiger partial charge in [-0.15, -0.1) is 0 Å². The molecule has 0 amide bonds. The van der Waals surface area contributed by atoms with Gasteiger partial charge in [-0.05, 0) is 30.6 Å². The van der Waals surface area contributed by atoms with Crippen molar-refractivity contribution in [3.8, 4) is 0 Å². The molecule has 0 aromatic rings. The highest BCUT2D eigenvalue weighted by Crippen LogP contribution is 2.16. The fraction of sp³-hybridized carbons (Fsp3) is 0.214. The Balaban J connectivity index is 5.49. The molecule has 1 heteroatoms. The summed E-state index contributed by atoms with van der Waals surface area (Å²) in [6.45, 7) is 11.5. The number of hydrogen-bond donors (Lipinski definition) is 0. The molecule has 0 aliphatic carbocycles. The lowest BCUT2D eigenvalue weighted by Crippen LogP contribution is -1.92. The molecule has 0 aliphatic rings. The van der Waals surface area contributed by atoms with Crippen molar-refractivity contribution in [1.29, 1.82) is 0 Å². The van der Waals surface area contributed by atoms with Crippen LogP contribution in [0.4, 0.5) is 0 Å². The molecule has 0 atom stereocenters. The number of hydrogen-bond acceptors (Lipinski definition) is 1. The molecular formula is C14H19N. The zero-order valence-corrected chi connectivity index (χ0v) is 9.83. The Morgan fingerprint density at radius 3 is 2.33 bits per heavy atom. The Labute approximate surface area is 92.9 Å². The van der Waals surface area contributed by atoms with Crippen molar-refractivity contribution < 1.29 is 0 Å². The van der Waals surface area contributed by atoms with E-state index in [0.29, 0.717) is 0 Å². The molecule has 0 radical (unpaired) electrons. The lowest BCUT2D eigenvalue weighted by Gasteiger charge is -2.05. The van der Waals surface area contributed by atoms with Crippen molar-refractivity contribution in [3.63, 3.8) is 0 Å². The SMILES string of the molecule is C=C/C=C(/C=N\C)C(\C=C/C)=C(/C)C=C. The Morgan fingerprint density at radius 2 is 1.93 bits per heavy atom. The largest absolute Gasteiger partial charge is 0.296 e. The molecule has 1 nitrogen and oxygen atoms in total. The molecule has 0 rings (SSSR count). The molecule has 0 saturated carbocycles. The topological polar surface area (TPSA) is 12.4 Å². The summed E-state index contributed by atoms with van der Waals surface area (Å²) < 4.78 is 0. The Hall–Kier alpha value is -1.63. The minimum atomic E-state index is 1.04. The first kappa shape index (κ1) is 13.4. The smallest absolute Gasteiger partial charge is 0.0287 e. The van der Waals surface area contributed by atoms with E-state index in [1.807, 2.05) is 44.4 Å². The van der Waals surface area contributed by atoms with Crippen molar-refractivity contribution in [2.75, 3.05) is 7.05 Å². The Bertz CT molecular complexity index is 338. The highest BCUT2D eigenvalue weighted by atomic mass is 14.6. The van der Waals surface area contributed by atoms with Gasteiger partial charge in [-0.1, -0.05) is 43.5 Å². The van der Waals surface area contributed by atoms with Crippen LogP contribution in [0, 0.1) is 0 Å². The number of aliphatic imine (C=N–C) groups is 1. The van der Waals surface area contributed by atoms with Crippen LogP contribution in [0.5, 0.6) is 0 Å². The first-order valence-electron chi connectivity index (χ1n) is 4.92. The van der Waals surface area contributed by atoms with E-state index in [1.165, 1.54) is 0 Å². The molecule has 0 heterocycles. The normalized spacial score (nSPS) is 14.5. The first-order valence-corrected chi connectivity index (χ1v) is 4.92. The summed E-state index contributed by atoms with van der Waals surface area (Å²) in [5, 5.41) is 0. The average Bonchev–Trinajstić information content (AvgIpc) is 2.25. The van der Waals surface area contributed by atoms with Gasteiger partial charge < -0.3 is 0 Å². The highest BCUT2D eigenvalue weighted by molar-refractivity contribution is 5.87. The summed E-state index contributed by atoms with van der Waals surface area (Å²) in [5.41, 5.74) is 3.29. The van der Waals surface area contributed by atoms with Gasteiger partial charge in [0.15, 0.2) is 0 Å². The average molecular weight is 201 g/mol. The fourth-order valence-corrected chi connectivity index (χ4v) is 1.20. The van der Waals surface area contributed by atoms with Gasteiger partial charge in [-0.2, -0.15) is 0 Å². The van der Waals surface area contributed by atoms with Gasteiger partial charge in [-0.3, -0.25) is 4.99 Å². The lowest BCUT2D eigenvalue weighted by atomic mass is 10.0. The van der Waals surface area contributed by atoms with Gasteiger partial charge in [0.05, 0.1) is 0 Å². The fourth-order valence-electron chi connectivity index (χ4n) is 1.20. The van der Waals surface area contributed by atoms with Gasteiger partial charge in [0, 0.05) is 13.3 Å². The zero-order valence-electron chi connectivity index (χ0n) is 9.83. The van der Waals surface area contributed by atoms with Gasteiger partial charge in [0.2, 0.25) is 0 Å². The quantitative estimate of drug-likeness (QED) is 0.473. The number of rotatable bonds is 5. The minimum Gasteiger partial charge on any atom is -0.296 e. The van der Waals surface area contributed by atoms with Gasteiger partial charge in [0.1, 0.15) is 0 Å². The summed E-state index contributed by atoms with van der Waals surface area (Å²) >= 11 is 0. The highest BCUT2D eigenvalue weighted by Gasteiger charge is 2.00. The number of nitrogens with zero attached hydrogens (tertiary/aromatic N) is 1. The van der Waals surface area contributed by atoms with E-state index in [0.717, 1.165) is 16.7 Å². The molecule has 0 spiro atoms. The van der Waals surface area contributed by atoms with Crippen molar-refractivity contribution in [2.45, 2.75) is 13.8 Å². The molecular weight excluding hydrogens is 182 g/mol. The van der Waals surface area contributed by atoms with E-state index < -0.39 is 0 Å². The second-order valence-electron chi connectivity index (χ2n) is 3.05. The van der Waals surface area contributed by atoms with Crippen LogP contribution >= 0.6 is 0 Å². The molecule has 0 fully saturated rings. The van der Waals surface area contributed by atoms with E-state index in [9.17, 15) is 0 Å². The first-order chi connectivity index (χ1) is 7.21. The summed E-state index contributed by atoms with van der Waals surface area (Å²) in [6.07, 6.45) is 11.4. The third kappa shape index (κ3) is 4.41. The Morgan fingerprint density at radius 1 is 1.27 bits per heavy atom. The lowest BCUT2D eigenvalue weighted by molar-refractivity contribution is 1.40. The van der Waals surface area contributed by atoms with Crippen molar-refractivity contribution in [3.05, 3.63) is 60.3 Å². The Kier molecular flexibility index (Phi) is 6.90. The molecule has 0 aromatic heterocycles. The van der Waals surface area contributed by atoms with Crippen LogP contribution in [0.3, 0.4) is 0 Å². The van der Waals surface area contributed by atoms with Crippen LogP contribution in [-0.2, 0) is 0 Å². The maximum Gasteiger partial charge on any atom is 0.0287 e. The predicted molar refractivity (Wildman–Crippen MR) is 70.4 cm³/mol. The third-order valence-corrected chi connectivity index (χ3v) is 1.94. The minimum absolute atomic E-state index is 1.04. The molecule has 0 bridgehead atoms. The molecule has 0 saturated heterocycles. The standard InChI is InChI=1S/C14H19N/c1-6-9-13(11-15-5)14(10-7-2)12(4)8-3/h6-11H,1,3H2,2,4-5H3/b10-7-,13-9-,14-12+,15-11-. The summed E-state index contributed by atoms with van der Waals surface area (Å²) in [5.74, 6) is 0. The van der Waals surface area contributed by atoms with Gasteiger partial charge in [0.25, 0.3) is 0 Å². The molecule has 0 aliphatic heterocycles.